The van der Waals surface area contributed by atoms with Gasteiger partial charge in [-0.2, -0.15) is 0 Å². The predicted molar refractivity (Wildman–Crippen MR) is 76.8 cm³/mol. The molecule has 16 heavy (non-hydrogen) atoms. The summed E-state index contributed by atoms with van der Waals surface area (Å²) < 4.78 is 0. The molecule has 0 aliphatic rings. The van der Waals surface area contributed by atoms with Gasteiger partial charge in [-0.25, -0.2) is 0 Å². The van der Waals surface area contributed by atoms with Crippen LogP contribution in [0.15, 0.2) is 42.2 Å². The Hall–Kier alpha value is -0.610. The second-order valence-corrected chi connectivity index (χ2v) is 6.22. The first-order chi connectivity index (χ1) is 7.84. The Morgan fingerprint density at radius 3 is 2.50 bits per heavy atom. The first-order valence-electron chi connectivity index (χ1n) is 6.29. The van der Waals surface area contributed by atoms with Gasteiger partial charge in [-0.15, -0.1) is 0 Å². The van der Waals surface area contributed by atoms with Crippen molar-refractivity contribution in [3.63, 3.8) is 0 Å². The van der Waals surface area contributed by atoms with Gasteiger partial charge in [-0.05, 0) is 24.8 Å². The average Bonchev–Trinajstić information content (AvgIpc) is 2.34. The highest BCUT2D eigenvalue weighted by Crippen LogP contribution is 2.30. The van der Waals surface area contributed by atoms with Crippen LogP contribution in [0.25, 0.3) is 0 Å². The van der Waals surface area contributed by atoms with E-state index >= 15 is 0 Å². The average molecular weight is 234 g/mol. The van der Waals surface area contributed by atoms with Crippen LogP contribution in [0.5, 0.6) is 0 Å². The molecule has 0 spiro atoms. The van der Waals surface area contributed by atoms with Crippen molar-refractivity contribution in [2.75, 3.05) is 6.66 Å². The molecule has 0 fully saturated rings. The fraction of sp³-hybridized carbons (Fsp3) is 0.467. The van der Waals surface area contributed by atoms with Gasteiger partial charge >= 0.3 is 0 Å². The van der Waals surface area contributed by atoms with E-state index in [1.54, 1.807) is 0 Å². The monoisotopic (exact) mass is 234 g/mol. The fourth-order valence-corrected chi connectivity index (χ4v) is 2.95. The van der Waals surface area contributed by atoms with Crippen molar-refractivity contribution in [1.29, 1.82) is 0 Å². The molecule has 0 amide bonds. The van der Waals surface area contributed by atoms with Gasteiger partial charge in [0.1, 0.15) is 0 Å². The summed E-state index contributed by atoms with van der Waals surface area (Å²) in [5.41, 5.74) is 0. The Balaban J connectivity index is 2.24. The lowest BCUT2D eigenvalue weighted by Gasteiger charge is -2.06. The molecule has 1 heteroatoms. The molecule has 0 saturated heterocycles. The van der Waals surface area contributed by atoms with Crippen LogP contribution in [-0.2, 0) is 0 Å². The first-order valence-corrected chi connectivity index (χ1v) is 8.15. The topological polar surface area (TPSA) is 0 Å². The third-order valence-electron chi connectivity index (χ3n) is 2.72. The van der Waals surface area contributed by atoms with Crippen molar-refractivity contribution >= 4 is 13.2 Å². The number of rotatable bonds is 7. The highest BCUT2D eigenvalue weighted by Gasteiger charge is 1.97. The van der Waals surface area contributed by atoms with Crippen LogP contribution in [0.2, 0.25) is 0 Å². The molecule has 0 nitrogen and oxygen atoms in total. The summed E-state index contributed by atoms with van der Waals surface area (Å²) in [5.74, 6) is 2.40. The minimum Gasteiger partial charge on any atom is -0.0838 e. The lowest BCUT2D eigenvalue weighted by atomic mass is 10.2. The summed E-state index contributed by atoms with van der Waals surface area (Å²) in [7, 11) is -0.0807. The number of unbranched alkanes of at least 4 members (excludes halogenated alkanes) is 4. The van der Waals surface area contributed by atoms with E-state index in [9.17, 15) is 0 Å². The summed E-state index contributed by atoms with van der Waals surface area (Å²) in [6.07, 6.45) is 9.06. The van der Waals surface area contributed by atoms with Gasteiger partial charge < -0.3 is 0 Å². The van der Waals surface area contributed by atoms with E-state index < -0.39 is 0 Å². The Kier molecular flexibility index (Phi) is 7.17. The Morgan fingerprint density at radius 1 is 1.06 bits per heavy atom. The molecule has 0 N–H and O–H groups in total. The molecule has 0 radical (unpaired) electrons. The summed E-state index contributed by atoms with van der Waals surface area (Å²) in [6, 6.07) is 10.8. The zero-order valence-electron chi connectivity index (χ0n) is 10.5. The molecular weight excluding hydrogens is 211 g/mol. The molecule has 0 aromatic heterocycles. The van der Waals surface area contributed by atoms with E-state index in [4.69, 9.17) is 0 Å². The molecule has 88 valence electrons. The minimum atomic E-state index is -0.0807. The lowest BCUT2D eigenvalue weighted by Crippen LogP contribution is -1.95. The van der Waals surface area contributed by atoms with E-state index in [1.165, 1.54) is 37.4 Å². The normalized spacial score (nSPS) is 13.1. The molecule has 0 heterocycles. The highest BCUT2D eigenvalue weighted by molar-refractivity contribution is 7.67. The van der Waals surface area contributed by atoms with Gasteiger partial charge in [-0.1, -0.05) is 76.3 Å². The second-order valence-electron chi connectivity index (χ2n) is 4.18. The van der Waals surface area contributed by atoms with Gasteiger partial charge in [0.05, 0.1) is 0 Å². The van der Waals surface area contributed by atoms with Crippen LogP contribution in [0.1, 0.15) is 39.0 Å². The third kappa shape index (κ3) is 5.47. The van der Waals surface area contributed by atoms with E-state index in [0.717, 1.165) is 0 Å². The van der Waals surface area contributed by atoms with Gasteiger partial charge in [-0.3, -0.25) is 0 Å². The quantitative estimate of drug-likeness (QED) is 0.464. The number of hydrogen-bond acceptors (Lipinski definition) is 0. The Labute approximate surface area is 102 Å². The van der Waals surface area contributed by atoms with Crippen LogP contribution in [0, 0.1) is 0 Å². The number of hydrogen-bond donors (Lipinski definition) is 0. The van der Waals surface area contributed by atoms with Crippen molar-refractivity contribution in [3.8, 4) is 0 Å². The molecule has 1 unspecified atom stereocenters. The molecule has 0 aliphatic carbocycles. The van der Waals surface area contributed by atoms with Crippen LogP contribution in [0.4, 0.5) is 0 Å². The summed E-state index contributed by atoms with van der Waals surface area (Å²) in [5, 5.41) is 1.47. The van der Waals surface area contributed by atoms with Crippen molar-refractivity contribution in [2.24, 2.45) is 0 Å². The number of benzene rings is 1. The lowest BCUT2D eigenvalue weighted by molar-refractivity contribution is 0.675. The summed E-state index contributed by atoms with van der Waals surface area (Å²) in [4.78, 5) is 0. The van der Waals surface area contributed by atoms with Crippen molar-refractivity contribution in [3.05, 3.63) is 42.2 Å². The van der Waals surface area contributed by atoms with Crippen LogP contribution < -0.4 is 5.30 Å². The Bertz CT molecular complexity index is 290. The highest BCUT2D eigenvalue weighted by atomic mass is 31.1. The van der Waals surface area contributed by atoms with E-state index in [-0.39, 0.29) is 7.92 Å². The maximum absolute atomic E-state index is 2.40. The molecule has 0 aliphatic heterocycles. The fourth-order valence-electron chi connectivity index (χ4n) is 1.67. The zero-order chi connectivity index (χ0) is 11.6. The maximum Gasteiger partial charge on any atom is -0.0204 e. The summed E-state index contributed by atoms with van der Waals surface area (Å²) >= 11 is 0. The smallest absolute Gasteiger partial charge is 0.0204 e. The Morgan fingerprint density at radius 2 is 1.81 bits per heavy atom. The van der Waals surface area contributed by atoms with Crippen LogP contribution >= 0.6 is 7.92 Å². The second kappa shape index (κ2) is 8.53. The summed E-state index contributed by atoms with van der Waals surface area (Å²) in [6.45, 7) is 4.59. The van der Waals surface area contributed by atoms with E-state index in [1.807, 2.05) is 0 Å². The molecule has 1 atom stereocenters. The zero-order valence-corrected chi connectivity index (χ0v) is 11.4. The van der Waals surface area contributed by atoms with Crippen LogP contribution in [-0.4, -0.2) is 6.66 Å². The predicted octanol–water partition coefficient (Wildman–Crippen LogP) is 4.91. The molecule has 1 rings (SSSR count). The standard InChI is InChI=1S/C15H23P/c1-3-4-5-6-7-11-14-16(2)15-12-9-8-10-13-15/h8-14H,3-7H2,1-2H3/b14-11-. The molecule has 0 bridgehead atoms. The van der Waals surface area contributed by atoms with Crippen molar-refractivity contribution in [1.82, 2.24) is 0 Å². The minimum absolute atomic E-state index is 0.0807. The van der Waals surface area contributed by atoms with Gasteiger partial charge in [0.25, 0.3) is 0 Å². The molecule has 0 saturated carbocycles. The molecular formula is C15H23P. The molecule has 1 aromatic rings. The van der Waals surface area contributed by atoms with Gasteiger partial charge in [0.2, 0.25) is 0 Å². The third-order valence-corrected chi connectivity index (χ3v) is 4.49. The van der Waals surface area contributed by atoms with Gasteiger partial charge in [0, 0.05) is 0 Å². The van der Waals surface area contributed by atoms with Crippen molar-refractivity contribution < 1.29 is 0 Å². The van der Waals surface area contributed by atoms with Gasteiger partial charge in [0.15, 0.2) is 0 Å². The largest absolute Gasteiger partial charge is 0.0838 e. The maximum atomic E-state index is 2.40. The van der Waals surface area contributed by atoms with E-state index in [2.05, 4.69) is 55.8 Å². The molecule has 1 aromatic carbocycles. The SMILES string of the molecule is CCCCCC/C=C\P(C)c1ccccc1. The van der Waals surface area contributed by atoms with Crippen LogP contribution in [0.3, 0.4) is 0 Å². The van der Waals surface area contributed by atoms with Crippen molar-refractivity contribution in [2.45, 2.75) is 39.0 Å². The first kappa shape index (κ1) is 13.5. The van der Waals surface area contributed by atoms with E-state index in [0.29, 0.717) is 0 Å². The number of allylic oxidation sites excluding steroid dienone is 1.